The van der Waals surface area contributed by atoms with Crippen molar-refractivity contribution in [1.29, 1.82) is 0 Å². The van der Waals surface area contributed by atoms with Crippen LogP contribution in [0.3, 0.4) is 0 Å². The monoisotopic (exact) mass is 260 g/mol. The normalized spacial score (nSPS) is 8.94. The minimum Gasteiger partial charge on any atom is -0.478 e. The van der Waals surface area contributed by atoms with Crippen LogP contribution < -0.4 is 5.32 Å². The number of aromatic carboxylic acids is 1. The van der Waals surface area contributed by atoms with Gasteiger partial charge in [-0.25, -0.2) is 4.79 Å². The van der Waals surface area contributed by atoms with Gasteiger partial charge in [0.05, 0.1) is 15.5 Å². The topological polar surface area (TPSA) is 92.5 Å². The molecule has 1 aromatic carbocycles. The van der Waals surface area contributed by atoms with E-state index in [0.29, 0.717) is 0 Å². The van der Waals surface area contributed by atoms with E-state index in [4.69, 9.17) is 16.7 Å². The lowest BCUT2D eigenvalue weighted by Crippen LogP contribution is -2.02. The van der Waals surface area contributed by atoms with Gasteiger partial charge in [0.2, 0.25) is 0 Å². The summed E-state index contributed by atoms with van der Waals surface area (Å²) in [6.45, 7) is 4.00. The van der Waals surface area contributed by atoms with Gasteiger partial charge < -0.3 is 10.4 Å². The summed E-state index contributed by atoms with van der Waals surface area (Å²) in [6.07, 6.45) is 0. The summed E-state index contributed by atoms with van der Waals surface area (Å²) in [7, 11) is 1.49. The van der Waals surface area contributed by atoms with Crippen molar-refractivity contribution in [2.75, 3.05) is 12.4 Å². The van der Waals surface area contributed by atoms with E-state index >= 15 is 0 Å². The SMILES string of the molecule is CC.CNc1cc(Cl)c(C(=O)O)cc1[N+](=O)[O-]. The van der Waals surface area contributed by atoms with Crippen LogP contribution in [-0.2, 0) is 0 Å². The smallest absolute Gasteiger partial charge is 0.337 e. The summed E-state index contributed by atoms with van der Waals surface area (Å²) in [5.41, 5.74) is -0.434. The highest BCUT2D eigenvalue weighted by Crippen LogP contribution is 2.30. The largest absolute Gasteiger partial charge is 0.478 e. The number of rotatable bonds is 3. The van der Waals surface area contributed by atoms with E-state index in [2.05, 4.69) is 5.32 Å². The number of carboxylic acids is 1. The lowest BCUT2D eigenvalue weighted by molar-refractivity contribution is -0.384. The molecule has 0 saturated heterocycles. The maximum absolute atomic E-state index is 10.7. The first kappa shape index (κ1) is 15.2. The van der Waals surface area contributed by atoms with Crippen LogP contribution in [0.2, 0.25) is 5.02 Å². The highest BCUT2D eigenvalue weighted by Gasteiger charge is 2.19. The average Bonchev–Trinajstić information content (AvgIpc) is 2.30. The molecular weight excluding hydrogens is 248 g/mol. The number of nitrogens with zero attached hydrogens (tertiary/aromatic N) is 1. The molecule has 0 radical (unpaired) electrons. The minimum atomic E-state index is -1.30. The molecule has 2 N–H and O–H groups in total. The third kappa shape index (κ3) is 3.60. The number of hydrogen-bond donors (Lipinski definition) is 2. The van der Waals surface area contributed by atoms with Crippen LogP contribution in [0.4, 0.5) is 11.4 Å². The molecule has 0 spiro atoms. The van der Waals surface area contributed by atoms with Gasteiger partial charge in [0, 0.05) is 13.1 Å². The molecule has 0 amide bonds. The van der Waals surface area contributed by atoms with E-state index in [9.17, 15) is 14.9 Å². The Morgan fingerprint density at radius 3 is 2.35 bits per heavy atom. The number of carbonyl (C=O) groups is 1. The zero-order chi connectivity index (χ0) is 13.6. The lowest BCUT2D eigenvalue weighted by atomic mass is 10.1. The van der Waals surface area contributed by atoms with Gasteiger partial charge in [-0.15, -0.1) is 0 Å². The number of nitro benzene ring substituents is 1. The summed E-state index contributed by atoms with van der Waals surface area (Å²) < 4.78 is 0. The van der Waals surface area contributed by atoms with Crippen molar-refractivity contribution in [3.63, 3.8) is 0 Å². The van der Waals surface area contributed by atoms with Crippen molar-refractivity contribution < 1.29 is 14.8 Å². The maximum Gasteiger partial charge on any atom is 0.337 e. The summed E-state index contributed by atoms with van der Waals surface area (Å²) in [5.74, 6) is -1.30. The molecule has 94 valence electrons. The molecule has 1 aromatic rings. The predicted octanol–water partition coefficient (Wildman–Crippen LogP) is 3.01. The Hall–Kier alpha value is -1.82. The molecule has 0 aromatic heterocycles. The van der Waals surface area contributed by atoms with Crippen LogP contribution in [0, 0.1) is 10.1 Å². The highest BCUT2D eigenvalue weighted by molar-refractivity contribution is 6.34. The number of hydrogen-bond acceptors (Lipinski definition) is 4. The van der Waals surface area contributed by atoms with Gasteiger partial charge in [-0.2, -0.15) is 0 Å². The second-order valence-corrected chi connectivity index (χ2v) is 3.07. The fraction of sp³-hybridized carbons (Fsp3) is 0.300. The van der Waals surface area contributed by atoms with Gasteiger partial charge in [0.1, 0.15) is 5.69 Å². The van der Waals surface area contributed by atoms with E-state index < -0.39 is 10.9 Å². The molecule has 0 aliphatic rings. The molecule has 17 heavy (non-hydrogen) atoms. The number of carboxylic acid groups (broad SMARTS) is 1. The van der Waals surface area contributed by atoms with Gasteiger partial charge in [-0.05, 0) is 6.07 Å². The second kappa shape index (κ2) is 6.70. The van der Waals surface area contributed by atoms with Crippen LogP contribution in [0.1, 0.15) is 24.2 Å². The molecule has 0 saturated carbocycles. The zero-order valence-electron chi connectivity index (χ0n) is 9.65. The summed E-state index contributed by atoms with van der Waals surface area (Å²) in [6, 6.07) is 2.14. The Morgan fingerprint density at radius 1 is 1.47 bits per heavy atom. The third-order valence-electron chi connectivity index (χ3n) is 1.78. The van der Waals surface area contributed by atoms with Crippen molar-refractivity contribution >= 4 is 28.9 Å². The minimum absolute atomic E-state index is 0.0440. The van der Waals surface area contributed by atoms with E-state index in [0.717, 1.165) is 6.07 Å². The molecule has 1 rings (SSSR count). The number of anilines is 1. The maximum atomic E-state index is 10.7. The average molecular weight is 261 g/mol. The van der Waals surface area contributed by atoms with Gasteiger partial charge >= 0.3 is 5.97 Å². The molecule has 7 heteroatoms. The lowest BCUT2D eigenvalue weighted by Gasteiger charge is -2.04. The molecule has 0 unspecified atom stereocenters. The van der Waals surface area contributed by atoms with Crippen molar-refractivity contribution in [2.45, 2.75) is 13.8 Å². The van der Waals surface area contributed by atoms with Crippen LogP contribution in [0.15, 0.2) is 12.1 Å². The first-order valence-electron chi connectivity index (χ1n) is 4.86. The molecule has 0 heterocycles. The quantitative estimate of drug-likeness (QED) is 0.644. The van der Waals surface area contributed by atoms with Crippen LogP contribution in [-0.4, -0.2) is 23.0 Å². The fourth-order valence-corrected chi connectivity index (χ4v) is 1.32. The van der Waals surface area contributed by atoms with Crippen molar-refractivity contribution in [2.24, 2.45) is 0 Å². The Morgan fingerprint density at radius 2 is 2.00 bits per heavy atom. The molecule has 0 bridgehead atoms. The van der Waals surface area contributed by atoms with Crippen LogP contribution >= 0.6 is 11.6 Å². The predicted molar refractivity (Wildman–Crippen MR) is 66.0 cm³/mol. The molecule has 0 aliphatic carbocycles. The summed E-state index contributed by atoms with van der Waals surface area (Å²) in [5, 5.41) is 21.8. The molecule has 0 atom stereocenters. The standard InChI is InChI=1S/C8H7ClN2O4.C2H6/c1-10-6-3-5(9)4(8(12)13)2-7(6)11(14)15;1-2/h2-3,10H,1H3,(H,12,13);1-2H3. The van der Waals surface area contributed by atoms with Crippen LogP contribution in [0.5, 0.6) is 0 Å². The van der Waals surface area contributed by atoms with E-state index in [1.165, 1.54) is 13.1 Å². The second-order valence-electron chi connectivity index (χ2n) is 2.66. The summed E-state index contributed by atoms with van der Waals surface area (Å²) in [4.78, 5) is 20.6. The fourth-order valence-electron chi connectivity index (χ4n) is 1.08. The van der Waals surface area contributed by atoms with Crippen molar-refractivity contribution in [3.8, 4) is 0 Å². The Bertz CT molecular complexity index is 435. The van der Waals surface area contributed by atoms with Crippen LogP contribution in [0.25, 0.3) is 0 Å². The molecular formula is C10H13ClN2O4. The summed E-state index contributed by atoms with van der Waals surface area (Å²) >= 11 is 5.64. The number of nitro groups is 1. The third-order valence-corrected chi connectivity index (χ3v) is 2.09. The number of nitrogens with one attached hydrogen (secondary N) is 1. The van der Waals surface area contributed by atoms with E-state index in [-0.39, 0.29) is 22.0 Å². The number of halogens is 1. The first-order valence-corrected chi connectivity index (χ1v) is 5.24. The van der Waals surface area contributed by atoms with E-state index in [1.807, 2.05) is 13.8 Å². The van der Waals surface area contributed by atoms with Gasteiger partial charge in [-0.3, -0.25) is 10.1 Å². The van der Waals surface area contributed by atoms with Gasteiger partial charge in [-0.1, -0.05) is 25.4 Å². The zero-order valence-corrected chi connectivity index (χ0v) is 10.4. The molecule has 6 nitrogen and oxygen atoms in total. The number of benzene rings is 1. The Labute approximate surface area is 103 Å². The Balaban J connectivity index is 0.00000121. The van der Waals surface area contributed by atoms with Crippen molar-refractivity contribution in [1.82, 2.24) is 0 Å². The Kier molecular flexibility index (Phi) is 5.98. The highest BCUT2D eigenvalue weighted by atomic mass is 35.5. The van der Waals surface area contributed by atoms with Crippen molar-refractivity contribution in [3.05, 3.63) is 32.8 Å². The van der Waals surface area contributed by atoms with Gasteiger partial charge in [0.15, 0.2) is 0 Å². The first-order chi connectivity index (χ1) is 7.97. The molecule has 0 aliphatic heterocycles. The molecule has 0 fully saturated rings. The van der Waals surface area contributed by atoms with E-state index in [1.54, 1.807) is 0 Å². The van der Waals surface area contributed by atoms with Gasteiger partial charge in [0.25, 0.3) is 5.69 Å².